The van der Waals surface area contributed by atoms with Crippen LogP contribution in [-0.2, 0) is 6.54 Å². The van der Waals surface area contributed by atoms with E-state index in [1.165, 1.54) is 4.68 Å². The molecular formula is C15H14N4O3. The highest BCUT2D eigenvalue weighted by molar-refractivity contribution is 5.86. The fraction of sp³-hybridized carbons (Fsp3) is 0.200. The number of carbonyl (C=O) groups is 1. The summed E-state index contributed by atoms with van der Waals surface area (Å²) in [4.78, 5) is 15.5. The molecule has 0 radical (unpaired) electrons. The zero-order valence-corrected chi connectivity index (χ0v) is 12.1. The molecule has 112 valence electrons. The van der Waals surface area contributed by atoms with Crippen LogP contribution in [-0.4, -0.2) is 31.1 Å². The molecule has 0 atom stereocenters. The van der Waals surface area contributed by atoms with Crippen LogP contribution in [0.5, 0.6) is 0 Å². The minimum absolute atomic E-state index is 0.0515. The van der Waals surface area contributed by atoms with Crippen LogP contribution >= 0.6 is 0 Å². The summed E-state index contributed by atoms with van der Waals surface area (Å²) in [5.41, 5.74) is 2.02. The molecule has 0 saturated heterocycles. The van der Waals surface area contributed by atoms with E-state index < -0.39 is 5.97 Å². The topological polar surface area (TPSA) is 94.0 Å². The zero-order chi connectivity index (χ0) is 15.7. The van der Waals surface area contributed by atoms with Crippen LogP contribution in [0.1, 0.15) is 27.6 Å². The maximum absolute atomic E-state index is 11.0. The number of aromatic nitrogens is 4. The maximum atomic E-state index is 11.0. The quantitative estimate of drug-likeness (QED) is 0.794. The van der Waals surface area contributed by atoms with E-state index in [1.54, 1.807) is 6.92 Å². The van der Waals surface area contributed by atoms with Crippen molar-refractivity contribution < 1.29 is 14.3 Å². The molecule has 1 N–H and O–H groups in total. The molecule has 0 saturated carbocycles. The minimum Gasteiger partial charge on any atom is -0.476 e. The van der Waals surface area contributed by atoms with Gasteiger partial charge >= 0.3 is 5.97 Å². The first-order chi connectivity index (χ1) is 10.6. The van der Waals surface area contributed by atoms with Crippen molar-refractivity contribution in [1.82, 2.24) is 20.0 Å². The monoisotopic (exact) mass is 298 g/mol. The number of aryl methyl sites for hydroxylation is 1. The van der Waals surface area contributed by atoms with Crippen LogP contribution in [0.3, 0.4) is 0 Å². The molecule has 0 bridgehead atoms. The number of carboxylic acids is 1. The van der Waals surface area contributed by atoms with E-state index in [9.17, 15) is 4.79 Å². The van der Waals surface area contributed by atoms with E-state index in [0.717, 1.165) is 5.56 Å². The summed E-state index contributed by atoms with van der Waals surface area (Å²) < 4.78 is 7.18. The Bertz CT molecular complexity index is 821. The van der Waals surface area contributed by atoms with Crippen molar-refractivity contribution in [3.63, 3.8) is 0 Å². The molecule has 2 aromatic heterocycles. The highest BCUT2D eigenvalue weighted by atomic mass is 16.4. The number of hydrogen-bond acceptors (Lipinski definition) is 5. The fourth-order valence-corrected chi connectivity index (χ4v) is 2.13. The lowest BCUT2D eigenvalue weighted by Crippen LogP contribution is -2.07. The number of hydrogen-bond donors (Lipinski definition) is 1. The van der Waals surface area contributed by atoms with E-state index in [1.807, 2.05) is 37.3 Å². The van der Waals surface area contributed by atoms with Gasteiger partial charge in [-0.2, -0.15) is 0 Å². The third-order valence-electron chi connectivity index (χ3n) is 3.40. The van der Waals surface area contributed by atoms with Crippen LogP contribution in [0.4, 0.5) is 0 Å². The Morgan fingerprint density at radius 2 is 2.00 bits per heavy atom. The van der Waals surface area contributed by atoms with Gasteiger partial charge < -0.3 is 9.52 Å². The van der Waals surface area contributed by atoms with E-state index in [4.69, 9.17) is 9.52 Å². The number of aromatic carboxylic acids is 1. The third kappa shape index (κ3) is 2.48. The minimum atomic E-state index is -1.09. The van der Waals surface area contributed by atoms with Crippen molar-refractivity contribution in [2.75, 3.05) is 0 Å². The summed E-state index contributed by atoms with van der Waals surface area (Å²) in [6.45, 7) is 3.80. The second kappa shape index (κ2) is 5.44. The van der Waals surface area contributed by atoms with Gasteiger partial charge in [-0.05, 0) is 26.0 Å². The van der Waals surface area contributed by atoms with E-state index in [0.29, 0.717) is 29.6 Å². The first-order valence-electron chi connectivity index (χ1n) is 6.71. The predicted molar refractivity (Wildman–Crippen MR) is 77.5 cm³/mol. The summed E-state index contributed by atoms with van der Waals surface area (Å²) in [7, 11) is 0. The lowest BCUT2D eigenvalue weighted by Gasteiger charge is -2.00. The van der Waals surface area contributed by atoms with Gasteiger partial charge in [0.15, 0.2) is 5.69 Å². The van der Waals surface area contributed by atoms with Gasteiger partial charge in [-0.15, -0.1) is 5.10 Å². The molecular weight excluding hydrogens is 284 g/mol. The SMILES string of the molecule is Cc1oc(-c2ccccc2)nc1Cn1nnc(C(=O)O)c1C. The molecule has 22 heavy (non-hydrogen) atoms. The van der Waals surface area contributed by atoms with Crippen molar-refractivity contribution in [3.8, 4) is 11.5 Å². The van der Waals surface area contributed by atoms with Gasteiger partial charge in [-0.25, -0.2) is 14.5 Å². The Balaban J connectivity index is 1.91. The Labute approximate surface area is 126 Å². The summed E-state index contributed by atoms with van der Waals surface area (Å²) in [6, 6.07) is 9.58. The average Bonchev–Trinajstić information content (AvgIpc) is 3.05. The van der Waals surface area contributed by atoms with E-state index >= 15 is 0 Å². The van der Waals surface area contributed by atoms with Crippen molar-refractivity contribution in [2.24, 2.45) is 0 Å². The predicted octanol–water partition coefficient (Wildman–Crippen LogP) is 2.30. The number of benzene rings is 1. The van der Waals surface area contributed by atoms with Gasteiger partial charge in [0.05, 0.1) is 12.2 Å². The largest absolute Gasteiger partial charge is 0.476 e. The van der Waals surface area contributed by atoms with Gasteiger partial charge in [0.1, 0.15) is 11.5 Å². The lowest BCUT2D eigenvalue weighted by molar-refractivity contribution is 0.0689. The molecule has 0 fully saturated rings. The molecule has 0 aliphatic heterocycles. The Kier molecular flexibility index (Phi) is 3.46. The van der Waals surface area contributed by atoms with Crippen molar-refractivity contribution >= 4 is 5.97 Å². The van der Waals surface area contributed by atoms with Gasteiger partial charge in [0, 0.05) is 5.56 Å². The Morgan fingerprint density at radius 3 is 2.64 bits per heavy atom. The first kappa shape index (κ1) is 14.0. The second-order valence-electron chi connectivity index (χ2n) is 4.87. The van der Waals surface area contributed by atoms with Gasteiger partial charge in [0.25, 0.3) is 0 Å². The highest BCUT2D eigenvalue weighted by Crippen LogP contribution is 2.22. The van der Waals surface area contributed by atoms with Crippen LogP contribution in [0.15, 0.2) is 34.7 Å². The molecule has 0 aliphatic rings. The standard InChI is InChI=1S/C15H14N4O3/c1-9-13(15(20)21)17-18-19(9)8-12-10(2)22-14(16-12)11-6-4-3-5-7-11/h3-7H,8H2,1-2H3,(H,20,21). The summed E-state index contributed by atoms with van der Waals surface area (Å²) in [5, 5.41) is 16.5. The number of oxazole rings is 1. The van der Waals surface area contributed by atoms with E-state index in [2.05, 4.69) is 15.3 Å². The summed E-state index contributed by atoms with van der Waals surface area (Å²) in [6.07, 6.45) is 0. The van der Waals surface area contributed by atoms with Crippen LogP contribution in [0.25, 0.3) is 11.5 Å². The lowest BCUT2D eigenvalue weighted by atomic mass is 10.2. The molecule has 2 heterocycles. The van der Waals surface area contributed by atoms with Crippen LogP contribution in [0, 0.1) is 13.8 Å². The smallest absolute Gasteiger partial charge is 0.358 e. The normalized spacial score (nSPS) is 10.8. The zero-order valence-electron chi connectivity index (χ0n) is 12.1. The molecule has 7 nitrogen and oxygen atoms in total. The van der Waals surface area contributed by atoms with Crippen molar-refractivity contribution in [1.29, 1.82) is 0 Å². The van der Waals surface area contributed by atoms with Crippen molar-refractivity contribution in [3.05, 3.63) is 53.2 Å². The van der Waals surface area contributed by atoms with Crippen molar-refractivity contribution in [2.45, 2.75) is 20.4 Å². The molecule has 1 aromatic carbocycles. The molecule has 0 spiro atoms. The molecule has 0 unspecified atom stereocenters. The van der Waals surface area contributed by atoms with Crippen LogP contribution < -0.4 is 0 Å². The summed E-state index contributed by atoms with van der Waals surface area (Å²) >= 11 is 0. The molecule has 3 aromatic rings. The molecule has 0 aliphatic carbocycles. The summed E-state index contributed by atoms with van der Waals surface area (Å²) in [5.74, 6) is 0.112. The first-order valence-corrected chi connectivity index (χ1v) is 6.71. The number of rotatable bonds is 4. The fourth-order valence-electron chi connectivity index (χ4n) is 2.13. The van der Waals surface area contributed by atoms with Gasteiger partial charge in [0.2, 0.25) is 5.89 Å². The average molecular weight is 298 g/mol. The second-order valence-corrected chi connectivity index (χ2v) is 4.87. The molecule has 3 rings (SSSR count). The van der Waals surface area contributed by atoms with Crippen LogP contribution in [0.2, 0.25) is 0 Å². The molecule has 0 amide bonds. The van der Waals surface area contributed by atoms with E-state index in [-0.39, 0.29) is 5.69 Å². The number of carboxylic acid groups (broad SMARTS) is 1. The Morgan fingerprint density at radius 1 is 1.27 bits per heavy atom. The molecule has 7 heteroatoms. The third-order valence-corrected chi connectivity index (χ3v) is 3.40. The Hall–Kier alpha value is -2.96. The highest BCUT2D eigenvalue weighted by Gasteiger charge is 2.18. The number of nitrogens with zero attached hydrogens (tertiary/aromatic N) is 4. The maximum Gasteiger partial charge on any atom is 0.358 e. The van der Waals surface area contributed by atoms with Gasteiger partial charge in [-0.3, -0.25) is 0 Å². The van der Waals surface area contributed by atoms with Gasteiger partial charge in [-0.1, -0.05) is 23.4 Å².